The summed E-state index contributed by atoms with van der Waals surface area (Å²) >= 11 is 0. The first kappa shape index (κ1) is 21.5. The Hall–Kier alpha value is -2.51. The van der Waals surface area contributed by atoms with Crippen molar-refractivity contribution in [3.05, 3.63) is 57.6 Å². The minimum Gasteiger partial charge on any atom is -0.496 e. The minimum atomic E-state index is 0.469. The number of rotatable bonds is 5. The molecule has 0 aromatic heterocycles. The number of methoxy groups -OCH3 is 2. The number of hydrogen-bond donors (Lipinski definition) is 1. The summed E-state index contributed by atoms with van der Waals surface area (Å²) in [4.78, 5) is 0. The first-order valence-corrected chi connectivity index (χ1v) is 8.74. The summed E-state index contributed by atoms with van der Waals surface area (Å²) < 4.78 is 10.4. The molecule has 0 amide bonds. The lowest BCUT2D eigenvalue weighted by molar-refractivity contribution is 0.411. The molecule has 0 aliphatic rings. The van der Waals surface area contributed by atoms with Crippen molar-refractivity contribution in [2.75, 3.05) is 20.8 Å². The third kappa shape index (κ3) is 5.24. The van der Waals surface area contributed by atoms with Gasteiger partial charge in [-0.3, -0.25) is 0 Å². The Morgan fingerprint density at radius 2 is 1.27 bits per heavy atom. The van der Waals surface area contributed by atoms with E-state index in [4.69, 9.17) is 20.5 Å². The van der Waals surface area contributed by atoms with Gasteiger partial charge < -0.3 is 15.2 Å². The fraction of sp³-hybridized carbons (Fsp3) is 0.409. The van der Waals surface area contributed by atoms with Crippen LogP contribution in [-0.2, 0) is 12.8 Å². The zero-order valence-electron chi connectivity index (χ0n) is 16.8. The molecule has 0 saturated carbocycles. The zero-order chi connectivity index (χ0) is 19.7. The molecule has 0 atom stereocenters. The quantitative estimate of drug-likeness (QED) is 0.874. The van der Waals surface area contributed by atoms with Crippen molar-refractivity contribution in [3.8, 4) is 17.6 Å². The van der Waals surface area contributed by atoms with E-state index in [9.17, 15) is 0 Å². The maximum Gasteiger partial charge on any atom is 0.122 e. The normalized spacial score (nSPS) is 9.77. The van der Waals surface area contributed by atoms with E-state index in [0.29, 0.717) is 13.0 Å². The molecule has 2 rings (SSSR count). The maximum atomic E-state index is 8.58. The van der Waals surface area contributed by atoms with Crippen LogP contribution in [0.15, 0.2) is 24.3 Å². The minimum absolute atomic E-state index is 0.469. The number of hydrogen-bond acceptors (Lipinski definition) is 4. The van der Waals surface area contributed by atoms with Gasteiger partial charge in [0.1, 0.15) is 11.5 Å². The van der Waals surface area contributed by atoms with E-state index in [1.807, 2.05) is 32.0 Å². The highest BCUT2D eigenvalue weighted by Crippen LogP contribution is 2.24. The van der Waals surface area contributed by atoms with E-state index < -0.39 is 0 Å². The molecule has 0 saturated heterocycles. The van der Waals surface area contributed by atoms with Gasteiger partial charge in [0.05, 0.1) is 26.7 Å². The molecule has 0 spiro atoms. The molecular weight excluding hydrogens is 324 g/mol. The maximum absolute atomic E-state index is 8.58. The number of benzene rings is 2. The number of ether oxygens (including phenoxy) is 2. The van der Waals surface area contributed by atoms with Crippen LogP contribution in [0.3, 0.4) is 0 Å². The summed E-state index contributed by atoms with van der Waals surface area (Å²) in [6.07, 6.45) is 1.41. The first-order valence-electron chi connectivity index (χ1n) is 8.74. The van der Waals surface area contributed by atoms with Crippen LogP contribution in [0.1, 0.15) is 33.4 Å². The fourth-order valence-electron chi connectivity index (χ4n) is 2.85. The highest BCUT2D eigenvalue weighted by molar-refractivity contribution is 5.44. The fourth-order valence-corrected chi connectivity index (χ4v) is 2.85. The van der Waals surface area contributed by atoms with Crippen LogP contribution in [0.5, 0.6) is 11.5 Å². The Bertz CT molecular complexity index is 777. The van der Waals surface area contributed by atoms with Gasteiger partial charge in [-0.25, -0.2) is 0 Å². The van der Waals surface area contributed by atoms with E-state index in [2.05, 4.69) is 26.0 Å². The predicted molar refractivity (Wildman–Crippen MR) is 107 cm³/mol. The molecule has 2 aromatic carbocycles. The van der Waals surface area contributed by atoms with Crippen LogP contribution in [0.4, 0.5) is 0 Å². The van der Waals surface area contributed by atoms with E-state index in [0.717, 1.165) is 34.6 Å². The van der Waals surface area contributed by atoms with E-state index >= 15 is 0 Å². The Balaban J connectivity index is 0.000000260. The van der Waals surface area contributed by atoms with Crippen molar-refractivity contribution >= 4 is 0 Å². The molecule has 0 unspecified atom stereocenters. The third-order valence-electron chi connectivity index (χ3n) is 4.82. The van der Waals surface area contributed by atoms with Gasteiger partial charge in [-0.15, -0.1) is 0 Å². The van der Waals surface area contributed by atoms with Crippen LogP contribution >= 0.6 is 0 Å². The summed E-state index contributed by atoms with van der Waals surface area (Å²) in [6, 6.07) is 10.1. The molecule has 0 aliphatic heterocycles. The van der Waals surface area contributed by atoms with Crippen molar-refractivity contribution < 1.29 is 9.47 Å². The van der Waals surface area contributed by atoms with E-state index in [1.165, 1.54) is 16.7 Å². The van der Waals surface area contributed by atoms with Crippen molar-refractivity contribution in [2.24, 2.45) is 5.73 Å². The average molecular weight is 354 g/mol. The molecule has 0 radical (unpaired) electrons. The van der Waals surface area contributed by atoms with Crippen molar-refractivity contribution in [3.63, 3.8) is 0 Å². The Morgan fingerprint density at radius 1 is 0.808 bits per heavy atom. The van der Waals surface area contributed by atoms with Gasteiger partial charge in [-0.1, -0.05) is 12.1 Å². The largest absolute Gasteiger partial charge is 0.496 e. The van der Waals surface area contributed by atoms with Crippen molar-refractivity contribution in [1.82, 2.24) is 0 Å². The van der Waals surface area contributed by atoms with Crippen LogP contribution in [0.2, 0.25) is 0 Å². The van der Waals surface area contributed by atoms with Gasteiger partial charge >= 0.3 is 0 Å². The van der Waals surface area contributed by atoms with Crippen LogP contribution in [-0.4, -0.2) is 20.8 Å². The van der Waals surface area contributed by atoms with Crippen LogP contribution in [0, 0.1) is 39.0 Å². The second-order valence-corrected chi connectivity index (χ2v) is 6.23. The Kier molecular flexibility index (Phi) is 8.67. The number of nitrogens with two attached hydrogens (primary N) is 1. The van der Waals surface area contributed by atoms with Crippen molar-refractivity contribution in [2.45, 2.75) is 40.5 Å². The van der Waals surface area contributed by atoms with Gasteiger partial charge in [-0.05, 0) is 86.2 Å². The average Bonchev–Trinajstić information content (AvgIpc) is 2.64. The van der Waals surface area contributed by atoms with Crippen LogP contribution in [0.25, 0.3) is 0 Å². The standard InChI is InChI=1S/C11H17NO.C11H13NO/c2*1-8-9(2)11(13-3)5-4-10(8)6-7-12/h4-5H,6-7,12H2,1-3H3;4-5H,6H2,1-3H3. The number of nitrogens with zero attached hydrogens (tertiary/aromatic N) is 1. The van der Waals surface area contributed by atoms with E-state index in [-0.39, 0.29) is 0 Å². The molecular formula is C22H30N2O2. The SMILES string of the molecule is COc1ccc(CC#N)c(C)c1C.COc1ccc(CCN)c(C)c1C. The molecule has 0 bridgehead atoms. The lowest BCUT2D eigenvalue weighted by Gasteiger charge is -2.11. The lowest BCUT2D eigenvalue weighted by atomic mass is 10.0. The molecule has 0 aliphatic carbocycles. The molecule has 4 heteroatoms. The molecule has 0 fully saturated rings. The predicted octanol–water partition coefficient (Wildman–Crippen LogP) is 4.19. The van der Waals surface area contributed by atoms with E-state index in [1.54, 1.807) is 14.2 Å². The summed E-state index contributed by atoms with van der Waals surface area (Å²) in [5, 5.41) is 8.58. The first-order chi connectivity index (χ1) is 12.4. The van der Waals surface area contributed by atoms with Crippen LogP contribution < -0.4 is 15.2 Å². The van der Waals surface area contributed by atoms with Gasteiger partial charge in [-0.2, -0.15) is 5.26 Å². The van der Waals surface area contributed by atoms with Crippen molar-refractivity contribution in [1.29, 1.82) is 5.26 Å². The highest BCUT2D eigenvalue weighted by atomic mass is 16.5. The Morgan fingerprint density at radius 3 is 1.69 bits per heavy atom. The van der Waals surface area contributed by atoms with Gasteiger partial charge in [0.2, 0.25) is 0 Å². The lowest BCUT2D eigenvalue weighted by Crippen LogP contribution is -2.05. The Labute approximate surface area is 157 Å². The third-order valence-corrected chi connectivity index (χ3v) is 4.82. The van der Waals surface area contributed by atoms with Gasteiger partial charge in [0.15, 0.2) is 0 Å². The smallest absolute Gasteiger partial charge is 0.122 e. The van der Waals surface area contributed by atoms with Gasteiger partial charge in [0.25, 0.3) is 0 Å². The molecule has 2 aromatic rings. The second-order valence-electron chi connectivity index (χ2n) is 6.23. The number of nitriles is 1. The zero-order valence-corrected chi connectivity index (χ0v) is 16.8. The second kappa shape index (κ2) is 10.5. The monoisotopic (exact) mass is 354 g/mol. The topological polar surface area (TPSA) is 68.3 Å². The molecule has 26 heavy (non-hydrogen) atoms. The van der Waals surface area contributed by atoms with Gasteiger partial charge in [0, 0.05) is 0 Å². The molecule has 0 heterocycles. The molecule has 2 N–H and O–H groups in total. The highest BCUT2D eigenvalue weighted by Gasteiger charge is 2.06. The summed E-state index contributed by atoms with van der Waals surface area (Å²) in [5.74, 6) is 1.84. The summed E-state index contributed by atoms with van der Waals surface area (Å²) in [6.45, 7) is 8.92. The molecule has 140 valence electrons. The summed E-state index contributed by atoms with van der Waals surface area (Å²) in [7, 11) is 3.36. The molecule has 4 nitrogen and oxygen atoms in total. The summed E-state index contributed by atoms with van der Waals surface area (Å²) in [5.41, 5.74) is 12.7.